The summed E-state index contributed by atoms with van der Waals surface area (Å²) < 4.78 is 25.3. The summed E-state index contributed by atoms with van der Waals surface area (Å²) in [6.45, 7) is 3.18. The van der Waals surface area contributed by atoms with E-state index in [0.29, 0.717) is 11.6 Å². The number of anilines is 2. The third-order valence-electron chi connectivity index (χ3n) is 4.40. The van der Waals surface area contributed by atoms with Crippen LogP contribution in [0.2, 0.25) is 0 Å². The SMILES string of the molecule is CC1CCCC1CNc1ccc(S(=O)(=O)N(C)C)cc1N. The van der Waals surface area contributed by atoms with Gasteiger partial charge in [0.15, 0.2) is 0 Å². The zero-order chi connectivity index (χ0) is 15.6. The number of benzene rings is 1. The lowest BCUT2D eigenvalue weighted by Gasteiger charge is -2.18. The van der Waals surface area contributed by atoms with Crippen LogP contribution in [-0.4, -0.2) is 33.4 Å². The average Bonchev–Trinajstić information content (AvgIpc) is 2.82. The number of nitrogen functional groups attached to an aromatic ring is 1. The van der Waals surface area contributed by atoms with E-state index >= 15 is 0 Å². The van der Waals surface area contributed by atoms with Gasteiger partial charge in [0.05, 0.1) is 16.3 Å². The lowest BCUT2D eigenvalue weighted by molar-refractivity contribution is 0.440. The average molecular weight is 311 g/mol. The number of hydrogen-bond acceptors (Lipinski definition) is 4. The Hall–Kier alpha value is -1.27. The van der Waals surface area contributed by atoms with Gasteiger partial charge in [-0.25, -0.2) is 12.7 Å². The van der Waals surface area contributed by atoms with Crippen molar-refractivity contribution in [1.29, 1.82) is 0 Å². The van der Waals surface area contributed by atoms with E-state index in [1.807, 2.05) is 0 Å². The molecule has 2 unspecified atom stereocenters. The van der Waals surface area contributed by atoms with E-state index in [-0.39, 0.29) is 4.90 Å². The van der Waals surface area contributed by atoms with Crippen molar-refractivity contribution in [2.45, 2.75) is 31.1 Å². The fraction of sp³-hybridized carbons (Fsp3) is 0.600. The van der Waals surface area contributed by atoms with Crippen molar-refractivity contribution in [3.05, 3.63) is 18.2 Å². The molecule has 118 valence electrons. The van der Waals surface area contributed by atoms with Crippen LogP contribution in [0, 0.1) is 11.8 Å². The molecule has 0 saturated heterocycles. The van der Waals surface area contributed by atoms with Crippen molar-refractivity contribution < 1.29 is 8.42 Å². The molecule has 1 saturated carbocycles. The van der Waals surface area contributed by atoms with Crippen LogP contribution in [0.25, 0.3) is 0 Å². The van der Waals surface area contributed by atoms with Gasteiger partial charge in [-0.15, -0.1) is 0 Å². The number of nitrogens with one attached hydrogen (secondary N) is 1. The minimum atomic E-state index is -3.43. The van der Waals surface area contributed by atoms with E-state index in [2.05, 4.69) is 12.2 Å². The first-order chi connectivity index (χ1) is 9.82. The molecule has 1 aromatic carbocycles. The van der Waals surface area contributed by atoms with Gasteiger partial charge in [-0.05, 0) is 36.5 Å². The molecule has 1 aliphatic rings. The van der Waals surface area contributed by atoms with Crippen LogP contribution in [0.15, 0.2) is 23.1 Å². The van der Waals surface area contributed by atoms with Gasteiger partial charge >= 0.3 is 0 Å². The van der Waals surface area contributed by atoms with Gasteiger partial charge in [0.1, 0.15) is 0 Å². The Morgan fingerprint density at radius 2 is 2.05 bits per heavy atom. The number of nitrogens with two attached hydrogens (primary N) is 1. The van der Waals surface area contributed by atoms with Gasteiger partial charge in [0, 0.05) is 20.6 Å². The number of hydrogen-bond donors (Lipinski definition) is 2. The quantitative estimate of drug-likeness (QED) is 0.819. The molecule has 2 atom stereocenters. The largest absolute Gasteiger partial charge is 0.397 e. The topological polar surface area (TPSA) is 75.4 Å². The normalized spacial score (nSPS) is 22.7. The molecule has 3 N–H and O–H groups in total. The smallest absolute Gasteiger partial charge is 0.242 e. The highest BCUT2D eigenvalue weighted by molar-refractivity contribution is 7.89. The van der Waals surface area contributed by atoms with Crippen molar-refractivity contribution in [3.63, 3.8) is 0 Å². The Morgan fingerprint density at radius 1 is 1.33 bits per heavy atom. The Labute approximate surface area is 127 Å². The maximum absolute atomic E-state index is 12.1. The second-order valence-corrected chi connectivity index (χ2v) is 8.24. The summed E-state index contributed by atoms with van der Waals surface area (Å²) in [5, 5.41) is 3.36. The van der Waals surface area contributed by atoms with Gasteiger partial charge in [-0.2, -0.15) is 0 Å². The minimum absolute atomic E-state index is 0.227. The molecule has 0 aliphatic heterocycles. The molecular weight excluding hydrogens is 286 g/mol. The molecule has 1 fully saturated rings. The standard InChI is InChI=1S/C15H25N3O2S/c1-11-5-4-6-12(11)10-17-15-8-7-13(9-14(15)16)21(19,20)18(2)3/h7-9,11-12,17H,4-6,10,16H2,1-3H3. The molecule has 1 aromatic rings. The summed E-state index contributed by atoms with van der Waals surface area (Å²) in [7, 11) is -0.404. The first-order valence-electron chi connectivity index (χ1n) is 7.38. The summed E-state index contributed by atoms with van der Waals surface area (Å²) in [5.41, 5.74) is 7.28. The van der Waals surface area contributed by atoms with Crippen LogP contribution in [0.4, 0.5) is 11.4 Å². The van der Waals surface area contributed by atoms with Gasteiger partial charge < -0.3 is 11.1 Å². The highest BCUT2D eigenvalue weighted by Gasteiger charge is 2.23. The Balaban J connectivity index is 2.09. The summed E-state index contributed by atoms with van der Waals surface area (Å²) in [4.78, 5) is 0.227. The van der Waals surface area contributed by atoms with Gasteiger partial charge in [0.25, 0.3) is 0 Å². The van der Waals surface area contributed by atoms with E-state index in [0.717, 1.165) is 18.2 Å². The molecule has 0 bridgehead atoms. The summed E-state index contributed by atoms with van der Waals surface area (Å²) in [6, 6.07) is 4.88. The van der Waals surface area contributed by atoms with Crippen molar-refractivity contribution in [2.75, 3.05) is 31.7 Å². The van der Waals surface area contributed by atoms with Crippen LogP contribution >= 0.6 is 0 Å². The molecule has 0 radical (unpaired) electrons. The molecule has 1 aliphatic carbocycles. The Bertz CT molecular complexity index is 599. The molecule has 2 rings (SSSR count). The zero-order valence-electron chi connectivity index (χ0n) is 13.0. The number of nitrogens with zero attached hydrogens (tertiary/aromatic N) is 1. The highest BCUT2D eigenvalue weighted by atomic mass is 32.2. The lowest BCUT2D eigenvalue weighted by Crippen LogP contribution is -2.22. The summed E-state index contributed by atoms with van der Waals surface area (Å²) in [6.07, 6.45) is 3.84. The summed E-state index contributed by atoms with van der Waals surface area (Å²) >= 11 is 0. The van der Waals surface area contributed by atoms with Gasteiger partial charge in [0.2, 0.25) is 10.0 Å². The fourth-order valence-electron chi connectivity index (χ4n) is 2.84. The van der Waals surface area contributed by atoms with Crippen LogP contribution in [-0.2, 0) is 10.0 Å². The van der Waals surface area contributed by atoms with Crippen molar-refractivity contribution in [2.24, 2.45) is 11.8 Å². The van der Waals surface area contributed by atoms with Crippen molar-refractivity contribution >= 4 is 21.4 Å². The third-order valence-corrected chi connectivity index (χ3v) is 6.21. The fourth-order valence-corrected chi connectivity index (χ4v) is 3.78. The molecule has 6 heteroatoms. The molecule has 0 spiro atoms. The second kappa shape index (κ2) is 6.23. The lowest BCUT2D eigenvalue weighted by atomic mass is 9.98. The highest BCUT2D eigenvalue weighted by Crippen LogP contribution is 2.32. The molecule has 0 heterocycles. The molecule has 5 nitrogen and oxygen atoms in total. The predicted octanol–water partition coefficient (Wildman–Crippen LogP) is 2.37. The first kappa shape index (κ1) is 16.1. The van der Waals surface area contributed by atoms with Crippen LogP contribution in [0.3, 0.4) is 0 Å². The predicted molar refractivity (Wildman–Crippen MR) is 86.7 cm³/mol. The molecule has 0 amide bonds. The van der Waals surface area contributed by atoms with Crippen molar-refractivity contribution in [3.8, 4) is 0 Å². The molecular formula is C15H25N3O2S. The molecule has 0 aromatic heterocycles. The van der Waals surface area contributed by atoms with Crippen LogP contribution in [0.5, 0.6) is 0 Å². The van der Waals surface area contributed by atoms with E-state index < -0.39 is 10.0 Å². The second-order valence-electron chi connectivity index (χ2n) is 6.09. The third kappa shape index (κ3) is 3.49. The van der Waals surface area contributed by atoms with Crippen LogP contribution in [0.1, 0.15) is 26.2 Å². The van der Waals surface area contributed by atoms with Crippen molar-refractivity contribution in [1.82, 2.24) is 4.31 Å². The Kier molecular flexibility index (Phi) is 4.78. The minimum Gasteiger partial charge on any atom is -0.397 e. The van der Waals surface area contributed by atoms with E-state index in [4.69, 9.17) is 5.73 Å². The molecule has 21 heavy (non-hydrogen) atoms. The number of sulfonamides is 1. The van der Waals surface area contributed by atoms with Gasteiger partial charge in [-0.3, -0.25) is 0 Å². The Morgan fingerprint density at radius 3 is 2.57 bits per heavy atom. The monoisotopic (exact) mass is 311 g/mol. The summed E-state index contributed by atoms with van der Waals surface area (Å²) in [5.74, 6) is 1.42. The van der Waals surface area contributed by atoms with E-state index in [1.54, 1.807) is 12.1 Å². The maximum Gasteiger partial charge on any atom is 0.242 e. The van der Waals surface area contributed by atoms with E-state index in [1.165, 1.54) is 43.7 Å². The first-order valence-corrected chi connectivity index (χ1v) is 8.82. The zero-order valence-corrected chi connectivity index (χ0v) is 13.8. The van der Waals surface area contributed by atoms with Crippen LogP contribution < -0.4 is 11.1 Å². The maximum atomic E-state index is 12.1. The number of rotatable bonds is 5. The van der Waals surface area contributed by atoms with E-state index in [9.17, 15) is 8.42 Å². The van der Waals surface area contributed by atoms with Gasteiger partial charge in [-0.1, -0.05) is 19.8 Å².